The normalized spacial score (nSPS) is 12.5. The van der Waals surface area contributed by atoms with E-state index in [1.54, 1.807) is 52.7 Å². The molecule has 3 rings (SSSR count). The van der Waals surface area contributed by atoms with E-state index in [-0.39, 0.29) is 5.78 Å². The van der Waals surface area contributed by atoms with Gasteiger partial charge < -0.3 is 18.9 Å². The van der Waals surface area contributed by atoms with Crippen molar-refractivity contribution in [2.75, 3.05) is 28.4 Å². The van der Waals surface area contributed by atoms with Gasteiger partial charge in [-0.2, -0.15) is 0 Å². The van der Waals surface area contributed by atoms with Gasteiger partial charge >= 0.3 is 0 Å². The van der Waals surface area contributed by atoms with Gasteiger partial charge in [0.1, 0.15) is 23.0 Å². The van der Waals surface area contributed by atoms with Crippen LogP contribution in [0.5, 0.6) is 23.0 Å². The lowest BCUT2D eigenvalue weighted by Gasteiger charge is -2.14. The second-order valence-electron chi connectivity index (χ2n) is 5.28. The third-order valence-corrected chi connectivity index (χ3v) is 4.00. The standard InChI is InChI=1S/C19H18O5/c1-21-12-5-11(6-13(7-12)22-2)15-10-17(20)16-8-14(23-3)9-18(24-4)19(15)16/h5-10H,1-4H3. The van der Waals surface area contributed by atoms with Crippen LogP contribution in [0.2, 0.25) is 0 Å². The molecule has 1 aliphatic carbocycles. The average molecular weight is 326 g/mol. The number of ether oxygens (including phenoxy) is 4. The number of hydrogen-bond acceptors (Lipinski definition) is 5. The maximum atomic E-state index is 12.4. The van der Waals surface area contributed by atoms with E-state index < -0.39 is 0 Å². The molecule has 1 aliphatic rings. The Morgan fingerprint density at radius 3 is 1.83 bits per heavy atom. The third-order valence-electron chi connectivity index (χ3n) is 4.00. The molecule has 0 aliphatic heterocycles. The van der Waals surface area contributed by atoms with Crippen LogP contribution in [0.15, 0.2) is 36.4 Å². The molecule has 0 spiro atoms. The first kappa shape index (κ1) is 15.9. The molecule has 0 heterocycles. The van der Waals surface area contributed by atoms with Crippen LogP contribution in [0.25, 0.3) is 5.57 Å². The first-order valence-electron chi connectivity index (χ1n) is 7.37. The average Bonchev–Trinajstić information content (AvgIpc) is 2.97. The number of rotatable bonds is 5. The van der Waals surface area contributed by atoms with Gasteiger partial charge in [-0.1, -0.05) is 0 Å². The van der Waals surface area contributed by atoms with Crippen LogP contribution in [-0.4, -0.2) is 34.2 Å². The summed E-state index contributed by atoms with van der Waals surface area (Å²) in [5.41, 5.74) is 2.90. The molecule has 0 atom stereocenters. The molecule has 2 aromatic rings. The topological polar surface area (TPSA) is 54.0 Å². The van der Waals surface area contributed by atoms with Crippen molar-refractivity contribution in [3.05, 3.63) is 53.1 Å². The fourth-order valence-corrected chi connectivity index (χ4v) is 2.81. The molecule has 0 fully saturated rings. The lowest BCUT2D eigenvalue weighted by atomic mass is 9.97. The van der Waals surface area contributed by atoms with Crippen LogP contribution in [0.3, 0.4) is 0 Å². The molecule has 0 saturated carbocycles. The van der Waals surface area contributed by atoms with Gasteiger partial charge in [0, 0.05) is 23.3 Å². The second-order valence-corrected chi connectivity index (χ2v) is 5.28. The molecule has 0 unspecified atom stereocenters. The highest BCUT2D eigenvalue weighted by atomic mass is 16.5. The summed E-state index contributed by atoms with van der Waals surface area (Å²) in [5.74, 6) is 2.39. The summed E-state index contributed by atoms with van der Waals surface area (Å²) in [6.07, 6.45) is 1.60. The Hall–Kier alpha value is -2.95. The number of allylic oxidation sites excluding steroid dienone is 1. The van der Waals surface area contributed by atoms with E-state index in [0.29, 0.717) is 28.6 Å². The number of benzene rings is 2. The SMILES string of the molecule is COc1cc(OC)cc(C2=CC(=O)c3cc(OC)cc(OC)c32)c1. The van der Waals surface area contributed by atoms with E-state index in [0.717, 1.165) is 16.7 Å². The van der Waals surface area contributed by atoms with E-state index in [4.69, 9.17) is 18.9 Å². The highest BCUT2D eigenvalue weighted by molar-refractivity contribution is 6.20. The maximum Gasteiger partial charge on any atom is 0.187 e. The fourth-order valence-electron chi connectivity index (χ4n) is 2.81. The molecule has 0 N–H and O–H groups in total. The van der Waals surface area contributed by atoms with Gasteiger partial charge in [-0.3, -0.25) is 4.79 Å². The smallest absolute Gasteiger partial charge is 0.187 e. The summed E-state index contributed by atoms with van der Waals surface area (Å²) in [5, 5.41) is 0. The van der Waals surface area contributed by atoms with E-state index in [2.05, 4.69) is 0 Å². The molecule has 0 bridgehead atoms. The summed E-state index contributed by atoms with van der Waals surface area (Å²) in [4.78, 5) is 12.4. The van der Waals surface area contributed by atoms with E-state index in [1.807, 2.05) is 12.1 Å². The van der Waals surface area contributed by atoms with Crippen molar-refractivity contribution in [3.63, 3.8) is 0 Å². The van der Waals surface area contributed by atoms with Crippen LogP contribution < -0.4 is 18.9 Å². The maximum absolute atomic E-state index is 12.4. The molecule has 2 aromatic carbocycles. The minimum atomic E-state index is -0.0843. The number of ketones is 1. The Kier molecular flexibility index (Phi) is 4.16. The van der Waals surface area contributed by atoms with Crippen molar-refractivity contribution < 1.29 is 23.7 Å². The van der Waals surface area contributed by atoms with Gasteiger partial charge in [-0.05, 0) is 35.4 Å². The summed E-state index contributed by atoms with van der Waals surface area (Å²) >= 11 is 0. The quantitative estimate of drug-likeness (QED) is 0.843. The Balaban J connectivity index is 2.20. The largest absolute Gasteiger partial charge is 0.497 e. The molecular weight excluding hydrogens is 308 g/mol. The monoisotopic (exact) mass is 326 g/mol. The summed E-state index contributed by atoms with van der Waals surface area (Å²) in [6, 6.07) is 9.00. The summed E-state index contributed by atoms with van der Waals surface area (Å²) in [7, 11) is 6.31. The zero-order valence-electron chi connectivity index (χ0n) is 14.0. The lowest BCUT2D eigenvalue weighted by molar-refractivity contribution is 0.104. The van der Waals surface area contributed by atoms with Gasteiger partial charge in [0.05, 0.1) is 28.4 Å². The van der Waals surface area contributed by atoms with Gasteiger partial charge in [-0.15, -0.1) is 0 Å². The predicted octanol–water partition coefficient (Wildman–Crippen LogP) is 3.35. The fraction of sp³-hybridized carbons (Fsp3) is 0.211. The third kappa shape index (κ3) is 2.58. The molecule has 0 saturated heterocycles. The Bertz CT molecular complexity index is 814. The van der Waals surface area contributed by atoms with Gasteiger partial charge in [-0.25, -0.2) is 0 Å². The molecule has 0 aromatic heterocycles. The van der Waals surface area contributed by atoms with Crippen LogP contribution in [0, 0.1) is 0 Å². The van der Waals surface area contributed by atoms with Crippen molar-refractivity contribution in [3.8, 4) is 23.0 Å². The molecule has 124 valence electrons. The first-order chi connectivity index (χ1) is 11.6. The highest BCUT2D eigenvalue weighted by Crippen LogP contribution is 2.42. The number of carbonyl (C=O) groups is 1. The highest BCUT2D eigenvalue weighted by Gasteiger charge is 2.27. The number of hydrogen-bond donors (Lipinski definition) is 0. The number of carbonyl (C=O) groups excluding carboxylic acids is 1. The van der Waals surface area contributed by atoms with E-state index in [1.165, 1.54) is 0 Å². The summed E-state index contributed by atoms with van der Waals surface area (Å²) in [6.45, 7) is 0. The van der Waals surface area contributed by atoms with Crippen LogP contribution in [-0.2, 0) is 0 Å². The van der Waals surface area contributed by atoms with Crippen molar-refractivity contribution in [2.45, 2.75) is 0 Å². The number of methoxy groups -OCH3 is 4. The van der Waals surface area contributed by atoms with Crippen molar-refractivity contribution in [1.29, 1.82) is 0 Å². The second kappa shape index (κ2) is 6.28. The lowest BCUT2D eigenvalue weighted by Crippen LogP contribution is -1.98. The molecule has 5 nitrogen and oxygen atoms in total. The Morgan fingerprint density at radius 2 is 1.29 bits per heavy atom. The minimum absolute atomic E-state index is 0.0843. The molecular formula is C19H18O5. The molecule has 24 heavy (non-hydrogen) atoms. The Labute approximate surface area is 140 Å². The van der Waals surface area contributed by atoms with Crippen LogP contribution in [0.1, 0.15) is 21.5 Å². The van der Waals surface area contributed by atoms with Crippen molar-refractivity contribution >= 4 is 11.4 Å². The van der Waals surface area contributed by atoms with E-state index in [9.17, 15) is 4.79 Å². The Morgan fingerprint density at radius 1 is 0.708 bits per heavy atom. The summed E-state index contributed by atoms with van der Waals surface area (Å²) < 4.78 is 21.4. The van der Waals surface area contributed by atoms with E-state index >= 15 is 0 Å². The van der Waals surface area contributed by atoms with Crippen LogP contribution >= 0.6 is 0 Å². The van der Waals surface area contributed by atoms with Gasteiger partial charge in [0.15, 0.2) is 5.78 Å². The molecule has 0 amide bonds. The van der Waals surface area contributed by atoms with Crippen molar-refractivity contribution in [1.82, 2.24) is 0 Å². The molecule has 5 heteroatoms. The predicted molar refractivity (Wildman–Crippen MR) is 90.5 cm³/mol. The first-order valence-corrected chi connectivity index (χ1v) is 7.37. The van der Waals surface area contributed by atoms with Gasteiger partial charge in [0.2, 0.25) is 0 Å². The number of fused-ring (bicyclic) bond motifs is 1. The zero-order valence-corrected chi connectivity index (χ0v) is 14.0. The minimum Gasteiger partial charge on any atom is -0.497 e. The van der Waals surface area contributed by atoms with Crippen molar-refractivity contribution in [2.24, 2.45) is 0 Å². The molecule has 0 radical (unpaired) electrons. The zero-order chi connectivity index (χ0) is 17.3. The van der Waals surface area contributed by atoms with Gasteiger partial charge in [0.25, 0.3) is 0 Å². The van der Waals surface area contributed by atoms with Crippen LogP contribution in [0.4, 0.5) is 0 Å².